The van der Waals surface area contributed by atoms with E-state index in [1.165, 1.54) is 0 Å². The summed E-state index contributed by atoms with van der Waals surface area (Å²) < 4.78 is 0. The number of hydrogen-bond acceptors (Lipinski definition) is 5. The summed E-state index contributed by atoms with van der Waals surface area (Å²) in [6.07, 6.45) is 0. The molecule has 0 radical (unpaired) electrons. The van der Waals surface area contributed by atoms with E-state index in [-0.39, 0.29) is 46.5 Å². The second-order valence-corrected chi connectivity index (χ2v) is 1.78. The monoisotopic (exact) mass is 168 g/mol. The molecule has 6 heteroatoms. The molecule has 0 atom stereocenters. The first kappa shape index (κ1) is 10.0. The Labute approximate surface area is 85.0 Å². The van der Waals surface area contributed by atoms with E-state index in [1.54, 1.807) is 0 Å². The van der Waals surface area contributed by atoms with E-state index in [4.69, 9.17) is 10.2 Å². The van der Waals surface area contributed by atoms with Crippen LogP contribution in [0.3, 0.4) is 0 Å². The average Bonchev–Trinajstić information content (AvgIpc) is 1.59. The van der Waals surface area contributed by atoms with Crippen LogP contribution in [0.2, 0.25) is 0 Å². The molecule has 0 fully saturated rings. The SMILES string of the molecule is Oc1cc(O)nc(S)n1.[NaH]. The molecule has 0 aliphatic heterocycles. The summed E-state index contributed by atoms with van der Waals surface area (Å²) in [5.74, 6) is -0.569. The molecule has 0 spiro atoms. The maximum atomic E-state index is 8.63. The number of nitrogens with zero attached hydrogens (tertiary/aromatic N) is 2. The van der Waals surface area contributed by atoms with Crippen LogP contribution >= 0.6 is 12.6 Å². The number of aromatic hydroxyl groups is 2. The van der Waals surface area contributed by atoms with Gasteiger partial charge in [0.15, 0.2) is 5.16 Å². The van der Waals surface area contributed by atoms with Gasteiger partial charge in [-0.2, -0.15) is 9.97 Å². The van der Waals surface area contributed by atoms with Gasteiger partial charge in [0.05, 0.1) is 6.07 Å². The Kier molecular flexibility index (Phi) is 4.04. The van der Waals surface area contributed by atoms with Crippen LogP contribution in [0.1, 0.15) is 0 Å². The predicted octanol–water partition coefficient (Wildman–Crippen LogP) is -0.472. The molecule has 0 unspecified atom stereocenters. The van der Waals surface area contributed by atoms with Gasteiger partial charge >= 0.3 is 29.6 Å². The average molecular weight is 168 g/mol. The Morgan fingerprint density at radius 1 is 1.20 bits per heavy atom. The normalized spacial score (nSPS) is 8.50. The van der Waals surface area contributed by atoms with E-state index >= 15 is 0 Å². The Morgan fingerprint density at radius 2 is 1.60 bits per heavy atom. The topological polar surface area (TPSA) is 66.2 Å². The van der Waals surface area contributed by atoms with Crippen molar-refractivity contribution in [1.29, 1.82) is 0 Å². The molecule has 0 saturated carbocycles. The van der Waals surface area contributed by atoms with Crippen molar-refractivity contribution >= 4 is 42.2 Å². The zero-order valence-electron chi connectivity index (χ0n) is 4.31. The van der Waals surface area contributed by atoms with Crippen LogP contribution in [0.25, 0.3) is 0 Å². The summed E-state index contributed by atoms with van der Waals surface area (Å²) in [5, 5.41) is 17.3. The van der Waals surface area contributed by atoms with E-state index in [9.17, 15) is 0 Å². The molecule has 0 aromatic carbocycles. The molecule has 1 heterocycles. The molecule has 0 amide bonds. The van der Waals surface area contributed by atoms with Gasteiger partial charge in [0.2, 0.25) is 11.8 Å². The molecular formula is C4H5N2NaO2S. The summed E-state index contributed by atoms with van der Waals surface area (Å²) >= 11 is 3.68. The predicted molar refractivity (Wildman–Crippen MR) is 39.8 cm³/mol. The van der Waals surface area contributed by atoms with E-state index in [0.29, 0.717) is 0 Å². The van der Waals surface area contributed by atoms with Crippen LogP contribution in [0.5, 0.6) is 11.8 Å². The van der Waals surface area contributed by atoms with Gasteiger partial charge in [0, 0.05) is 0 Å². The molecule has 0 saturated heterocycles. The van der Waals surface area contributed by atoms with Gasteiger partial charge in [0.25, 0.3) is 0 Å². The summed E-state index contributed by atoms with van der Waals surface area (Å²) in [7, 11) is 0. The van der Waals surface area contributed by atoms with Gasteiger partial charge in [-0.15, -0.1) is 12.6 Å². The third kappa shape index (κ3) is 2.74. The van der Waals surface area contributed by atoms with Gasteiger partial charge in [0.1, 0.15) is 0 Å². The summed E-state index contributed by atoms with van der Waals surface area (Å²) in [6, 6.07) is 1.03. The summed E-state index contributed by atoms with van der Waals surface area (Å²) in [6.45, 7) is 0. The third-order valence-corrected chi connectivity index (χ3v) is 0.887. The number of hydrogen-bond donors (Lipinski definition) is 3. The fraction of sp³-hybridized carbons (Fsp3) is 0. The maximum absolute atomic E-state index is 8.63. The van der Waals surface area contributed by atoms with Crippen molar-refractivity contribution < 1.29 is 10.2 Å². The quantitative estimate of drug-likeness (QED) is 0.278. The van der Waals surface area contributed by atoms with Crippen LogP contribution in [-0.2, 0) is 0 Å². The molecular weight excluding hydrogens is 163 g/mol. The second-order valence-electron chi connectivity index (χ2n) is 1.38. The standard InChI is InChI=1S/C4H4N2O2S.Na.H/c7-2-1-3(8)6-4(9)5-2;;/h1H,(H3,5,6,7,8,9);;. The molecule has 1 aromatic heterocycles. The molecule has 0 bridgehead atoms. The van der Waals surface area contributed by atoms with E-state index in [1.807, 2.05) is 0 Å². The first-order chi connectivity index (χ1) is 4.18. The first-order valence-corrected chi connectivity index (χ1v) is 2.59. The molecule has 0 aliphatic carbocycles. The molecule has 2 N–H and O–H groups in total. The van der Waals surface area contributed by atoms with E-state index < -0.39 is 0 Å². The van der Waals surface area contributed by atoms with Gasteiger partial charge < -0.3 is 10.2 Å². The van der Waals surface area contributed by atoms with Crippen molar-refractivity contribution in [2.24, 2.45) is 0 Å². The van der Waals surface area contributed by atoms with Gasteiger partial charge in [-0.05, 0) is 0 Å². The fourth-order valence-electron chi connectivity index (χ4n) is 0.410. The molecule has 50 valence electrons. The molecule has 4 nitrogen and oxygen atoms in total. The summed E-state index contributed by atoms with van der Waals surface area (Å²) in [5.41, 5.74) is 0. The Balaban J connectivity index is 0.000000810. The number of thiol groups is 1. The Bertz CT molecular complexity index is 182. The van der Waals surface area contributed by atoms with Crippen molar-refractivity contribution in [2.45, 2.75) is 5.16 Å². The molecule has 10 heavy (non-hydrogen) atoms. The zero-order valence-corrected chi connectivity index (χ0v) is 5.21. The minimum absolute atomic E-state index is 0. The van der Waals surface area contributed by atoms with Crippen molar-refractivity contribution in [3.8, 4) is 11.8 Å². The Hall–Kier alpha value is 0.0300. The molecule has 0 aliphatic rings. The van der Waals surface area contributed by atoms with Crippen LogP contribution in [0.4, 0.5) is 0 Å². The van der Waals surface area contributed by atoms with Crippen LogP contribution in [0, 0.1) is 0 Å². The van der Waals surface area contributed by atoms with Gasteiger partial charge in [-0.25, -0.2) is 0 Å². The van der Waals surface area contributed by atoms with Crippen molar-refractivity contribution in [2.75, 3.05) is 0 Å². The third-order valence-electron chi connectivity index (χ3n) is 0.687. The molecule has 1 rings (SSSR count). The number of rotatable bonds is 0. The molecule has 1 aromatic rings. The second kappa shape index (κ2) is 4.02. The van der Waals surface area contributed by atoms with Crippen molar-refractivity contribution in [3.05, 3.63) is 6.07 Å². The van der Waals surface area contributed by atoms with E-state index in [2.05, 4.69) is 22.6 Å². The fourth-order valence-corrected chi connectivity index (χ4v) is 0.615. The Morgan fingerprint density at radius 3 is 1.90 bits per heavy atom. The van der Waals surface area contributed by atoms with Crippen LogP contribution in [-0.4, -0.2) is 49.7 Å². The minimum atomic E-state index is -0.285. The zero-order chi connectivity index (χ0) is 6.85. The van der Waals surface area contributed by atoms with Gasteiger partial charge in [-0.3, -0.25) is 0 Å². The van der Waals surface area contributed by atoms with Crippen LogP contribution < -0.4 is 0 Å². The van der Waals surface area contributed by atoms with Gasteiger partial charge in [-0.1, -0.05) is 0 Å². The van der Waals surface area contributed by atoms with Crippen molar-refractivity contribution in [1.82, 2.24) is 9.97 Å². The van der Waals surface area contributed by atoms with E-state index in [0.717, 1.165) is 6.07 Å². The van der Waals surface area contributed by atoms with Crippen molar-refractivity contribution in [3.63, 3.8) is 0 Å². The summed E-state index contributed by atoms with van der Waals surface area (Å²) in [4.78, 5) is 6.77. The first-order valence-electron chi connectivity index (χ1n) is 2.14. The number of aromatic nitrogens is 2. The van der Waals surface area contributed by atoms with Crippen LogP contribution in [0.15, 0.2) is 11.2 Å².